The third-order valence-corrected chi connectivity index (χ3v) is 4.20. The molecule has 1 N–H and O–H groups in total. The van der Waals surface area contributed by atoms with Gasteiger partial charge >= 0.3 is 0 Å². The van der Waals surface area contributed by atoms with Crippen LogP contribution in [0.4, 0.5) is 0 Å². The van der Waals surface area contributed by atoms with Crippen LogP contribution in [0, 0.1) is 17.3 Å². The van der Waals surface area contributed by atoms with Crippen LogP contribution in [0.25, 0.3) is 0 Å². The van der Waals surface area contributed by atoms with Crippen LogP contribution < -0.4 is 5.32 Å². The molecule has 3 unspecified atom stereocenters. The van der Waals surface area contributed by atoms with Gasteiger partial charge in [-0.2, -0.15) is 0 Å². The monoisotopic (exact) mass is 213 g/mol. The Kier molecular flexibility index (Phi) is 4.60. The maximum Gasteiger partial charge on any atom is 0.0600 e. The fourth-order valence-electron chi connectivity index (χ4n) is 2.80. The third-order valence-electron chi connectivity index (χ3n) is 4.20. The van der Waals surface area contributed by atoms with Crippen molar-refractivity contribution in [3.63, 3.8) is 0 Å². The van der Waals surface area contributed by atoms with Crippen LogP contribution in [0.15, 0.2) is 0 Å². The topological polar surface area (TPSA) is 21.3 Å². The van der Waals surface area contributed by atoms with E-state index < -0.39 is 0 Å². The molecule has 0 radical (unpaired) electrons. The van der Waals surface area contributed by atoms with Gasteiger partial charge in [0.1, 0.15) is 0 Å². The lowest BCUT2D eigenvalue weighted by Crippen LogP contribution is -2.49. The molecule has 2 heteroatoms. The van der Waals surface area contributed by atoms with Crippen molar-refractivity contribution in [3.05, 3.63) is 0 Å². The summed E-state index contributed by atoms with van der Waals surface area (Å²) in [4.78, 5) is 0. The van der Waals surface area contributed by atoms with Crippen molar-refractivity contribution in [3.8, 4) is 0 Å². The molecule has 1 rings (SSSR count). The first-order valence-corrected chi connectivity index (χ1v) is 6.24. The highest BCUT2D eigenvalue weighted by atomic mass is 16.5. The maximum absolute atomic E-state index is 5.58. The highest BCUT2D eigenvalue weighted by Crippen LogP contribution is 2.41. The fraction of sp³-hybridized carbons (Fsp3) is 1.00. The Morgan fingerprint density at radius 3 is 2.60 bits per heavy atom. The Labute approximate surface area is 94.8 Å². The van der Waals surface area contributed by atoms with Crippen LogP contribution >= 0.6 is 0 Å². The summed E-state index contributed by atoms with van der Waals surface area (Å²) in [6.07, 6.45) is 2.90. The van der Waals surface area contributed by atoms with Crippen molar-refractivity contribution >= 4 is 0 Å². The lowest BCUT2D eigenvalue weighted by molar-refractivity contribution is -0.0477. The van der Waals surface area contributed by atoms with Gasteiger partial charge in [0.25, 0.3) is 0 Å². The summed E-state index contributed by atoms with van der Waals surface area (Å²) in [7, 11) is 1.84. The number of hydrogen-bond donors (Lipinski definition) is 1. The second kappa shape index (κ2) is 5.31. The first-order chi connectivity index (χ1) is 7.00. The molecule has 0 aliphatic carbocycles. The number of rotatable bonds is 4. The minimum atomic E-state index is 0.351. The van der Waals surface area contributed by atoms with Gasteiger partial charge in [-0.05, 0) is 50.1 Å². The SMILES string of the molecule is COC(C)C1(C)CCNCC1CC(C)C. The third kappa shape index (κ3) is 2.94. The molecule has 1 aliphatic rings. The second-order valence-electron chi connectivity index (χ2n) is 5.66. The van der Waals surface area contributed by atoms with Crippen molar-refractivity contribution in [2.24, 2.45) is 17.3 Å². The molecule has 0 spiro atoms. The van der Waals surface area contributed by atoms with E-state index in [1.165, 1.54) is 12.8 Å². The number of nitrogens with one attached hydrogen (secondary N) is 1. The summed E-state index contributed by atoms with van der Waals surface area (Å²) in [5.41, 5.74) is 0.351. The molecular weight excluding hydrogens is 186 g/mol. The van der Waals surface area contributed by atoms with Crippen molar-refractivity contribution < 1.29 is 4.74 Å². The number of piperidine rings is 1. The van der Waals surface area contributed by atoms with E-state index in [0.717, 1.165) is 24.9 Å². The summed E-state index contributed by atoms with van der Waals surface area (Å²) in [6, 6.07) is 0. The molecule has 1 fully saturated rings. The average Bonchev–Trinajstić information content (AvgIpc) is 2.20. The molecule has 0 aromatic carbocycles. The second-order valence-corrected chi connectivity index (χ2v) is 5.66. The zero-order valence-electron chi connectivity index (χ0n) is 11.0. The van der Waals surface area contributed by atoms with E-state index >= 15 is 0 Å². The van der Waals surface area contributed by atoms with Gasteiger partial charge in [-0.15, -0.1) is 0 Å². The Bertz CT molecular complexity index is 193. The maximum atomic E-state index is 5.58. The van der Waals surface area contributed by atoms with E-state index in [2.05, 4.69) is 33.0 Å². The number of ether oxygens (including phenoxy) is 1. The quantitative estimate of drug-likeness (QED) is 0.775. The van der Waals surface area contributed by atoms with E-state index in [0.29, 0.717) is 11.5 Å². The van der Waals surface area contributed by atoms with Crippen LogP contribution in [-0.2, 0) is 4.74 Å². The zero-order valence-corrected chi connectivity index (χ0v) is 11.0. The zero-order chi connectivity index (χ0) is 11.5. The van der Waals surface area contributed by atoms with Gasteiger partial charge in [-0.1, -0.05) is 20.8 Å². The van der Waals surface area contributed by atoms with Crippen LogP contribution in [-0.4, -0.2) is 26.3 Å². The molecule has 2 nitrogen and oxygen atoms in total. The first-order valence-electron chi connectivity index (χ1n) is 6.24. The van der Waals surface area contributed by atoms with E-state index in [9.17, 15) is 0 Å². The van der Waals surface area contributed by atoms with E-state index in [-0.39, 0.29) is 0 Å². The van der Waals surface area contributed by atoms with Crippen LogP contribution in [0.5, 0.6) is 0 Å². The normalized spacial score (nSPS) is 34.4. The van der Waals surface area contributed by atoms with Crippen LogP contribution in [0.1, 0.15) is 40.5 Å². The predicted octanol–water partition coefficient (Wildman–Crippen LogP) is 2.68. The molecule has 1 heterocycles. The highest BCUT2D eigenvalue weighted by Gasteiger charge is 2.41. The average molecular weight is 213 g/mol. The summed E-state index contributed by atoms with van der Waals surface area (Å²) in [6.45, 7) is 11.5. The largest absolute Gasteiger partial charge is 0.381 e. The Balaban J connectivity index is 2.71. The fourth-order valence-corrected chi connectivity index (χ4v) is 2.80. The molecule has 15 heavy (non-hydrogen) atoms. The molecule has 0 bridgehead atoms. The number of methoxy groups -OCH3 is 1. The minimum absolute atomic E-state index is 0.351. The first kappa shape index (κ1) is 13.0. The Morgan fingerprint density at radius 1 is 1.40 bits per heavy atom. The summed E-state index contributed by atoms with van der Waals surface area (Å²) >= 11 is 0. The van der Waals surface area contributed by atoms with Crippen molar-refractivity contribution in [2.75, 3.05) is 20.2 Å². The lowest BCUT2D eigenvalue weighted by atomic mass is 9.66. The van der Waals surface area contributed by atoms with E-state index in [1.807, 2.05) is 7.11 Å². The minimum Gasteiger partial charge on any atom is -0.381 e. The number of hydrogen-bond acceptors (Lipinski definition) is 2. The Morgan fingerprint density at radius 2 is 2.07 bits per heavy atom. The van der Waals surface area contributed by atoms with Gasteiger partial charge < -0.3 is 10.1 Å². The molecule has 0 amide bonds. The molecular formula is C13H27NO. The molecule has 0 saturated carbocycles. The van der Waals surface area contributed by atoms with Gasteiger partial charge in [0.05, 0.1) is 6.10 Å². The molecule has 3 atom stereocenters. The summed E-state index contributed by atoms with van der Waals surface area (Å²) in [5, 5.41) is 3.52. The van der Waals surface area contributed by atoms with E-state index in [4.69, 9.17) is 4.74 Å². The Hall–Kier alpha value is -0.0800. The van der Waals surface area contributed by atoms with E-state index in [1.54, 1.807) is 0 Å². The van der Waals surface area contributed by atoms with Gasteiger partial charge in [-0.25, -0.2) is 0 Å². The van der Waals surface area contributed by atoms with Crippen molar-refractivity contribution in [2.45, 2.75) is 46.6 Å². The van der Waals surface area contributed by atoms with Crippen LogP contribution in [0.3, 0.4) is 0 Å². The standard InChI is InChI=1S/C13H27NO/c1-10(2)8-12-9-14-7-6-13(12,4)11(3)15-5/h10-12,14H,6-9H2,1-5H3. The van der Waals surface area contributed by atoms with Crippen molar-refractivity contribution in [1.29, 1.82) is 0 Å². The molecule has 90 valence electrons. The molecule has 0 aromatic heterocycles. The van der Waals surface area contributed by atoms with Gasteiger partial charge in [-0.3, -0.25) is 0 Å². The predicted molar refractivity (Wildman–Crippen MR) is 65.0 cm³/mol. The molecule has 0 aromatic rings. The summed E-state index contributed by atoms with van der Waals surface area (Å²) < 4.78 is 5.58. The van der Waals surface area contributed by atoms with Gasteiger partial charge in [0.15, 0.2) is 0 Å². The molecule has 1 saturated heterocycles. The smallest absolute Gasteiger partial charge is 0.0600 e. The molecule has 1 aliphatic heterocycles. The van der Waals surface area contributed by atoms with Gasteiger partial charge in [0, 0.05) is 7.11 Å². The van der Waals surface area contributed by atoms with Crippen molar-refractivity contribution in [1.82, 2.24) is 5.32 Å². The highest BCUT2D eigenvalue weighted by molar-refractivity contribution is 4.92. The lowest BCUT2D eigenvalue weighted by Gasteiger charge is -2.46. The summed E-state index contributed by atoms with van der Waals surface area (Å²) in [5.74, 6) is 1.53. The van der Waals surface area contributed by atoms with Gasteiger partial charge in [0.2, 0.25) is 0 Å². The van der Waals surface area contributed by atoms with Crippen LogP contribution in [0.2, 0.25) is 0 Å².